The van der Waals surface area contributed by atoms with Crippen molar-refractivity contribution in [2.45, 2.75) is 18.8 Å². The van der Waals surface area contributed by atoms with E-state index in [1.54, 1.807) is 30.7 Å². The number of carbonyl (C=O) groups excluding carboxylic acids is 1. The molecule has 1 amide bonds. The topological polar surface area (TPSA) is 85.0 Å². The van der Waals surface area contributed by atoms with Crippen LogP contribution in [0.5, 0.6) is 0 Å². The minimum Gasteiger partial charge on any atom is -0.368 e. The number of carbonyl (C=O) groups is 1. The van der Waals surface area contributed by atoms with Gasteiger partial charge in [-0.2, -0.15) is 0 Å². The van der Waals surface area contributed by atoms with E-state index < -0.39 is 0 Å². The van der Waals surface area contributed by atoms with Gasteiger partial charge >= 0.3 is 0 Å². The fourth-order valence-electron chi connectivity index (χ4n) is 2.69. The first kappa shape index (κ1) is 13.5. The summed E-state index contributed by atoms with van der Waals surface area (Å²) in [5, 5.41) is 0. The summed E-state index contributed by atoms with van der Waals surface area (Å²) in [6, 6.07) is 5.44. The van der Waals surface area contributed by atoms with Crippen LogP contribution in [0, 0.1) is 0 Å². The lowest BCUT2D eigenvalue weighted by Gasteiger charge is -2.32. The third-order valence-electron chi connectivity index (χ3n) is 3.73. The monoisotopic (exact) mass is 283 g/mol. The maximum atomic E-state index is 12.5. The normalized spacial score (nSPS) is 18.5. The van der Waals surface area contributed by atoms with Gasteiger partial charge in [0.05, 0.1) is 11.3 Å². The molecule has 6 nitrogen and oxygen atoms in total. The average Bonchev–Trinajstić information content (AvgIpc) is 2.55. The molecule has 1 atom stereocenters. The first-order chi connectivity index (χ1) is 10.2. The Bertz CT molecular complexity index is 631. The molecule has 0 bridgehead atoms. The van der Waals surface area contributed by atoms with Gasteiger partial charge in [0.15, 0.2) is 0 Å². The number of nitrogens with two attached hydrogens (primary N) is 1. The lowest BCUT2D eigenvalue weighted by atomic mass is 9.94. The molecule has 0 aromatic carbocycles. The number of likely N-dealkylation sites (tertiary alicyclic amines) is 1. The van der Waals surface area contributed by atoms with E-state index in [1.807, 2.05) is 11.0 Å². The predicted molar refractivity (Wildman–Crippen MR) is 78.6 cm³/mol. The molecule has 1 saturated heterocycles. The van der Waals surface area contributed by atoms with Gasteiger partial charge in [-0.05, 0) is 31.0 Å². The Balaban J connectivity index is 1.75. The van der Waals surface area contributed by atoms with Crippen molar-refractivity contribution in [3.63, 3.8) is 0 Å². The van der Waals surface area contributed by atoms with Crippen LogP contribution in [0.3, 0.4) is 0 Å². The molecule has 6 heteroatoms. The molecule has 2 aromatic heterocycles. The lowest BCUT2D eigenvalue weighted by molar-refractivity contribution is 0.0705. The summed E-state index contributed by atoms with van der Waals surface area (Å²) in [6.45, 7) is 1.43. The fourth-order valence-corrected chi connectivity index (χ4v) is 2.69. The average molecular weight is 283 g/mol. The van der Waals surface area contributed by atoms with Crippen molar-refractivity contribution in [2.24, 2.45) is 0 Å². The lowest BCUT2D eigenvalue weighted by Crippen LogP contribution is -2.39. The number of aromatic nitrogens is 3. The molecular weight excluding hydrogens is 266 g/mol. The molecule has 0 spiro atoms. The number of rotatable bonds is 2. The second kappa shape index (κ2) is 5.87. The Morgan fingerprint density at radius 2 is 2.24 bits per heavy atom. The van der Waals surface area contributed by atoms with Crippen LogP contribution < -0.4 is 5.73 Å². The summed E-state index contributed by atoms with van der Waals surface area (Å²) in [5.74, 6) is 0.516. The third kappa shape index (κ3) is 2.99. The molecule has 0 radical (unpaired) electrons. The van der Waals surface area contributed by atoms with Gasteiger partial charge < -0.3 is 10.6 Å². The Labute approximate surface area is 123 Å². The number of piperidine rings is 1. The van der Waals surface area contributed by atoms with Crippen molar-refractivity contribution in [3.05, 3.63) is 48.0 Å². The molecule has 2 N–H and O–H groups in total. The molecule has 21 heavy (non-hydrogen) atoms. The van der Waals surface area contributed by atoms with Crippen LogP contribution in [0.4, 0.5) is 5.95 Å². The van der Waals surface area contributed by atoms with Gasteiger partial charge in [-0.3, -0.25) is 9.78 Å². The molecular formula is C15H17N5O. The van der Waals surface area contributed by atoms with Crippen LogP contribution in [0.25, 0.3) is 0 Å². The summed E-state index contributed by atoms with van der Waals surface area (Å²) in [4.78, 5) is 26.5. The molecule has 3 rings (SSSR count). The van der Waals surface area contributed by atoms with E-state index >= 15 is 0 Å². The number of hydrogen-bond donors (Lipinski definition) is 1. The van der Waals surface area contributed by atoms with Crippen LogP contribution >= 0.6 is 0 Å². The summed E-state index contributed by atoms with van der Waals surface area (Å²) in [6.07, 6.45) is 6.90. The van der Waals surface area contributed by atoms with Crippen LogP contribution in [0.1, 0.15) is 34.8 Å². The summed E-state index contributed by atoms with van der Waals surface area (Å²) in [5.41, 5.74) is 7.17. The van der Waals surface area contributed by atoms with E-state index in [0.717, 1.165) is 25.1 Å². The van der Waals surface area contributed by atoms with Gasteiger partial charge in [0.1, 0.15) is 0 Å². The highest BCUT2D eigenvalue weighted by atomic mass is 16.2. The van der Waals surface area contributed by atoms with Gasteiger partial charge in [0.25, 0.3) is 5.91 Å². The minimum atomic E-state index is 0.0230. The standard InChI is InChI=1S/C15H17N5O/c16-15-18-7-5-13(19-15)12-4-2-8-20(10-12)14(21)11-3-1-6-17-9-11/h1,3,5-7,9,12H,2,4,8,10H2,(H2,16,18,19)/t12-/m1/s1. The number of anilines is 1. The Morgan fingerprint density at radius 1 is 1.33 bits per heavy atom. The van der Waals surface area contributed by atoms with Crippen LogP contribution in [0.2, 0.25) is 0 Å². The molecule has 0 saturated carbocycles. The largest absolute Gasteiger partial charge is 0.368 e. The summed E-state index contributed by atoms with van der Waals surface area (Å²) in [7, 11) is 0. The summed E-state index contributed by atoms with van der Waals surface area (Å²) < 4.78 is 0. The van der Waals surface area contributed by atoms with E-state index in [-0.39, 0.29) is 17.8 Å². The van der Waals surface area contributed by atoms with Crippen LogP contribution in [-0.2, 0) is 0 Å². The SMILES string of the molecule is Nc1nccc([C@@H]2CCCN(C(=O)c3cccnc3)C2)n1. The molecule has 3 heterocycles. The van der Waals surface area contributed by atoms with Gasteiger partial charge in [-0.1, -0.05) is 0 Å². The maximum Gasteiger partial charge on any atom is 0.255 e. The Morgan fingerprint density at radius 3 is 3.00 bits per heavy atom. The van der Waals surface area contributed by atoms with E-state index in [1.165, 1.54) is 0 Å². The number of nitrogen functional groups attached to an aromatic ring is 1. The van der Waals surface area contributed by atoms with E-state index in [4.69, 9.17) is 5.73 Å². The molecule has 2 aromatic rings. The van der Waals surface area contributed by atoms with Crippen molar-refractivity contribution >= 4 is 11.9 Å². The van der Waals surface area contributed by atoms with Gasteiger partial charge in [-0.15, -0.1) is 0 Å². The number of amides is 1. The van der Waals surface area contributed by atoms with Crippen molar-refractivity contribution in [1.82, 2.24) is 19.9 Å². The minimum absolute atomic E-state index is 0.0230. The van der Waals surface area contributed by atoms with Crippen molar-refractivity contribution < 1.29 is 4.79 Å². The molecule has 1 aliphatic heterocycles. The van der Waals surface area contributed by atoms with Crippen LogP contribution in [-0.4, -0.2) is 38.8 Å². The van der Waals surface area contributed by atoms with E-state index in [0.29, 0.717) is 12.1 Å². The number of hydrogen-bond acceptors (Lipinski definition) is 5. The van der Waals surface area contributed by atoms with Gasteiger partial charge in [0, 0.05) is 37.6 Å². The highest BCUT2D eigenvalue weighted by Crippen LogP contribution is 2.26. The predicted octanol–water partition coefficient (Wildman–Crippen LogP) is 1.47. The molecule has 1 aliphatic rings. The zero-order chi connectivity index (χ0) is 14.7. The molecule has 0 unspecified atom stereocenters. The highest BCUT2D eigenvalue weighted by molar-refractivity contribution is 5.93. The number of pyridine rings is 1. The molecule has 0 aliphatic carbocycles. The van der Waals surface area contributed by atoms with Crippen molar-refractivity contribution in [1.29, 1.82) is 0 Å². The Kier molecular flexibility index (Phi) is 3.77. The van der Waals surface area contributed by atoms with Crippen molar-refractivity contribution in [3.8, 4) is 0 Å². The first-order valence-corrected chi connectivity index (χ1v) is 7.02. The summed E-state index contributed by atoms with van der Waals surface area (Å²) >= 11 is 0. The van der Waals surface area contributed by atoms with Crippen molar-refractivity contribution in [2.75, 3.05) is 18.8 Å². The molecule has 108 valence electrons. The smallest absolute Gasteiger partial charge is 0.255 e. The van der Waals surface area contributed by atoms with Gasteiger partial charge in [-0.25, -0.2) is 9.97 Å². The first-order valence-electron chi connectivity index (χ1n) is 7.02. The second-order valence-electron chi connectivity index (χ2n) is 5.17. The zero-order valence-electron chi connectivity index (χ0n) is 11.6. The third-order valence-corrected chi connectivity index (χ3v) is 3.73. The van der Waals surface area contributed by atoms with Crippen LogP contribution in [0.15, 0.2) is 36.8 Å². The fraction of sp³-hybridized carbons (Fsp3) is 0.333. The quantitative estimate of drug-likeness (QED) is 0.902. The Hall–Kier alpha value is -2.50. The highest BCUT2D eigenvalue weighted by Gasteiger charge is 2.26. The molecule has 1 fully saturated rings. The van der Waals surface area contributed by atoms with E-state index in [2.05, 4.69) is 15.0 Å². The second-order valence-corrected chi connectivity index (χ2v) is 5.17. The van der Waals surface area contributed by atoms with Gasteiger partial charge in [0.2, 0.25) is 5.95 Å². The van der Waals surface area contributed by atoms with E-state index in [9.17, 15) is 4.79 Å². The zero-order valence-corrected chi connectivity index (χ0v) is 11.6. The number of nitrogens with zero attached hydrogens (tertiary/aromatic N) is 4. The maximum absolute atomic E-state index is 12.5.